The summed E-state index contributed by atoms with van der Waals surface area (Å²) in [5, 5.41) is 3.79. The Morgan fingerprint density at radius 3 is 2.35 bits per heavy atom. The first kappa shape index (κ1) is 11.5. The van der Waals surface area contributed by atoms with E-state index < -0.39 is 5.91 Å². The van der Waals surface area contributed by atoms with Crippen molar-refractivity contribution in [3.05, 3.63) is 59.1 Å². The number of nitrogens with one attached hydrogen (secondary N) is 1. The van der Waals surface area contributed by atoms with Crippen LogP contribution in [0.15, 0.2) is 48.5 Å². The lowest BCUT2D eigenvalue weighted by atomic mass is 10.1. The number of amides is 1. The Kier molecular flexibility index (Phi) is 3.30. The Morgan fingerprint density at radius 1 is 1.06 bits per heavy atom. The Morgan fingerprint density at radius 2 is 1.71 bits per heavy atom. The van der Waals surface area contributed by atoms with E-state index in [-0.39, 0.29) is 0 Å². The molecule has 2 aromatic rings. The normalized spacial score (nSPS) is 9.94. The third-order valence-electron chi connectivity index (χ3n) is 2.32. The molecule has 3 nitrogen and oxygen atoms in total. The smallest absolute Gasteiger partial charge is 0.250 e. The van der Waals surface area contributed by atoms with Gasteiger partial charge in [-0.25, -0.2) is 0 Å². The van der Waals surface area contributed by atoms with E-state index in [4.69, 9.17) is 17.3 Å². The van der Waals surface area contributed by atoms with Gasteiger partial charge in [-0.3, -0.25) is 4.79 Å². The maximum atomic E-state index is 11.2. The molecule has 0 aliphatic heterocycles. The largest absolute Gasteiger partial charge is 0.366 e. The standard InChI is InChI=1S/C13H11ClN2O/c14-9-5-7-10(8-6-9)16-12-4-2-1-3-11(12)13(15)17/h1-8,16H,(H2,15,17). The zero-order valence-electron chi connectivity index (χ0n) is 8.98. The predicted octanol–water partition coefficient (Wildman–Crippen LogP) is 3.18. The maximum Gasteiger partial charge on any atom is 0.250 e. The van der Waals surface area contributed by atoms with Crippen LogP contribution in [0, 0.1) is 0 Å². The molecule has 0 bridgehead atoms. The summed E-state index contributed by atoms with van der Waals surface area (Å²) >= 11 is 5.79. The third-order valence-corrected chi connectivity index (χ3v) is 2.57. The van der Waals surface area contributed by atoms with Crippen molar-refractivity contribution in [2.24, 2.45) is 5.73 Å². The van der Waals surface area contributed by atoms with Crippen LogP contribution in [0.2, 0.25) is 5.02 Å². The second-order valence-corrected chi connectivity index (χ2v) is 3.98. The fraction of sp³-hybridized carbons (Fsp3) is 0. The van der Waals surface area contributed by atoms with E-state index in [1.54, 1.807) is 30.3 Å². The number of carbonyl (C=O) groups is 1. The lowest BCUT2D eigenvalue weighted by Crippen LogP contribution is -2.13. The highest BCUT2D eigenvalue weighted by molar-refractivity contribution is 6.30. The number of carbonyl (C=O) groups excluding carboxylic acids is 1. The first-order valence-electron chi connectivity index (χ1n) is 5.08. The molecule has 0 spiro atoms. The first-order valence-corrected chi connectivity index (χ1v) is 5.46. The molecule has 1 amide bonds. The lowest BCUT2D eigenvalue weighted by Gasteiger charge is -2.09. The van der Waals surface area contributed by atoms with Gasteiger partial charge in [0, 0.05) is 10.7 Å². The quantitative estimate of drug-likeness (QED) is 0.874. The number of halogens is 1. The van der Waals surface area contributed by atoms with Crippen molar-refractivity contribution in [1.82, 2.24) is 0 Å². The van der Waals surface area contributed by atoms with Crippen molar-refractivity contribution < 1.29 is 4.79 Å². The van der Waals surface area contributed by atoms with Gasteiger partial charge in [-0.1, -0.05) is 23.7 Å². The number of hydrogen-bond acceptors (Lipinski definition) is 2. The van der Waals surface area contributed by atoms with Crippen LogP contribution in [0.3, 0.4) is 0 Å². The number of primary amides is 1. The molecule has 2 aromatic carbocycles. The molecule has 4 heteroatoms. The number of rotatable bonds is 3. The average molecular weight is 247 g/mol. The van der Waals surface area contributed by atoms with E-state index in [0.29, 0.717) is 16.3 Å². The van der Waals surface area contributed by atoms with Crippen molar-refractivity contribution in [3.63, 3.8) is 0 Å². The van der Waals surface area contributed by atoms with Gasteiger partial charge in [0.25, 0.3) is 5.91 Å². The molecule has 0 saturated carbocycles. The second-order valence-electron chi connectivity index (χ2n) is 3.54. The number of hydrogen-bond donors (Lipinski definition) is 2. The summed E-state index contributed by atoms with van der Waals surface area (Å²) in [7, 11) is 0. The zero-order valence-corrected chi connectivity index (χ0v) is 9.74. The van der Waals surface area contributed by atoms with Crippen LogP contribution in [0.1, 0.15) is 10.4 Å². The fourth-order valence-corrected chi connectivity index (χ4v) is 1.62. The highest BCUT2D eigenvalue weighted by atomic mass is 35.5. The Balaban J connectivity index is 2.30. The zero-order chi connectivity index (χ0) is 12.3. The molecule has 17 heavy (non-hydrogen) atoms. The van der Waals surface area contributed by atoms with Crippen molar-refractivity contribution in [2.45, 2.75) is 0 Å². The van der Waals surface area contributed by atoms with Gasteiger partial charge in [0.15, 0.2) is 0 Å². The summed E-state index contributed by atoms with van der Waals surface area (Å²) in [6, 6.07) is 14.3. The molecule has 0 saturated heterocycles. The van der Waals surface area contributed by atoms with E-state index in [1.165, 1.54) is 0 Å². The minimum atomic E-state index is -0.456. The molecule has 3 N–H and O–H groups in total. The Labute approximate surface area is 104 Å². The van der Waals surface area contributed by atoms with E-state index in [0.717, 1.165) is 5.69 Å². The summed E-state index contributed by atoms with van der Waals surface area (Å²) in [5.74, 6) is -0.456. The summed E-state index contributed by atoms with van der Waals surface area (Å²) in [4.78, 5) is 11.2. The molecule has 0 aromatic heterocycles. The first-order chi connectivity index (χ1) is 8.16. The number of para-hydroxylation sites is 1. The molecule has 0 radical (unpaired) electrons. The van der Waals surface area contributed by atoms with Gasteiger partial charge in [-0.05, 0) is 36.4 Å². The van der Waals surface area contributed by atoms with E-state index in [9.17, 15) is 4.79 Å². The highest BCUT2D eigenvalue weighted by Crippen LogP contribution is 2.21. The van der Waals surface area contributed by atoms with Gasteiger partial charge in [0.1, 0.15) is 0 Å². The molecule has 0 unspecified atom stereocenters. The van der Waals surface area contributed by atoms with Gasteiger partial charge in [0.05, 0.1) is 11.3 Å². The molecule has 0 atom stereocenters. The number of anilines is 2. The van der Waals surface area contributed by atoms with E-state index in [1.807, 2.05) is 18.2 Å². The lowest BCUT2D eigenvalue weighted by molar-refractivity contribution is 0.100. The van der Waals surface area contributed by atoms with E-state index >= 15 is 0 Å². The SMILES string of the molecule is NC(=O)c1ccccc1Nc1ccc(Cl)cc1. The summed E-state index contributed by atoms with van der Waals surface area (Å²) < 4.78 is 0. The number of benzene rings is 2. The van der Waals surface area contributed by atoms with Crippen LogP contribution in [-0.4, -0.2) is 5.91 Å². The van der Waals surface area contributed by atoms with Crippen molar-refractivity contribution >= 4 is 28.9 Å². The molecule has 86 valence electrons. The summed E-state index contributed by atoms with van der Waals surface area (Å²) in [6.45, 7) is 0. The molecule has 0 fully saturated rings. The van der Waals surface area contributed by atoms with Crippen molar-refractivity contribution in [1.29, 1.82) is 0 Å². The second kappa shape index (κ2) is 4.89. The molecule has 0 aliphatic rings. The Hall–Kier alpha value is -2.00. The molecular formula is C13H11ClN2O. The van der Waals surface area contributed by atoms with Crippen LogP contribution in [-0.2, 0) is 0 Å². The van der Waals surface area contributed by atoms with Crippen LogP contribution in [0.25, 0.3) is 0 Å². The van der Waals surface area contributed by atoms with Gasteiger partial charge in [-0.2, -0.15) is 0 Å². The van der Waals surface area contributed by atoms with Gasteiger partial charge in [0.2, 0.25) is 0 Å². The van der Waals surface area contributed by atoms with Gasteiger partial charge in [-0.15, -0.1) is 0 Å². The maximum absolute atomic E-state index is 11.2. The van der Waals surface area contributed by atoms with Gasteiger partial charge < -0.3 is 11.1 Å². The highest BCUT2D eigenvalue weighted by Gasteiger charge is 2.06. The predicted molar refractivity (Wildman–Crippen MR) is 69.7 cm³/mol. The van der Waals surface area contributed by atoms with Crippen LogP contribution < -0.4 is 11.1 Å². The van der Waals surface area contributed by atoms with Gasteiger partial charge >= 0.3 is 0 Å². The minimum absolute atomic E-state index is 0.456. The van der Waals surface area contributed by atoms with Crippen LogP contribution in [0.5, 0.6) is 0 Å². The van der Waals surface area contributed by atoms with Crippen molar-refractivity contribution in [2.75, 3.05) is 5.32 Å². The molecule has 2 rings (SSSR count). The van der Waals surface area contributed by atoms with E-state index in [2.05, 4.69) is 5.32 Å². The fourth-order valence-electron chi connectivity index (χ4n) is 1.50. The van der Waals surface area contributed by atoms with Crippen LogP contribution >= 0.6 is 11.6 Å². The third kappa shape index (κ3) is 2.77. The summed E-state index contributed by atoms with van der Waals surface area (Å²) in [6.07, 6.45) is 0. The molecule has 0 heterocycles. The number of nitrogens with two attached hydrogens (primary N) is 1. The minimum Gasteiger partial charge on any atom is -0.366 e. The Bertz CT molecular complexity index is 537. The summed E-state index contributed by atoms with van der Waals surface area (Å²) in [5.41, 5.74) is 7.29. The monoisotopic (exact) mass is 246 g/mol. The average Bonchev–Trinajstić information content (AvgIpc) is 2.32. The molecular weight excluding hydrogens is 236 g/mol. The van der Waals surface area contributed by atoms with Crippen LogP contribution in [0.4, 0.5) is 11.4 Å². The topological polar surface area (TPSA) is 55.1 Å². The van der Waals surface area contributed by atoms with Crippen molar-refractivity contribution in [3.8, 4) is 0 Å². The molecule has 0 aliphatic carbocycles.